The van der Waals surface area contributed by atoms with Crippen LogP contribution in [-0.4, -0.2) is 4.57 Å². The molecule has 2 aromatic rings. The third-order valence-corrected chi connectivity index (χ3v) is 3.80. The van der Waals surface area contributed by atoms with E-state index in [1.54, 1.807) is 10.6 Å². The van der Waals surface area contributed by atoms with E-state index in [0.717, 1.165) is 24.0 Å². The minimum atomic E-state index is 0.0407. The highest BCUT2D eigenvalue weighted by Crippen LogP contribution is 2.15. The van der Waals surface area contributed by atoms with Gasteiger partial charge in [0.1, 0.15) is 0 Å². The lowest BCUT2D eigenvalue weighted by Gasteiger charge is -2.08. The van der Waals surface area contributed by atoms with Crippen molar-refractivity contribution in [2.75, 3.05) is 0 Å². The molecule has 0 aliphatic heterocycles. The van der Waals surface area contributed by atoms with Crippen molar-refractivity contribution < 1.29 is 0 Å². The molecule has 0 fully saturated rings. The molecule has 0 spiro atoms. The number of hydrogen-bond acceptors (Lipinski definition) is 1. The first-order chi connectivity index (χ1) is 9.70. The number of pyridine rings is 1. The molecule has 0 unspecified atom stereocenters. The van der Waals surface area contributed by atoms with E-state index in [4.69, 9.17) is 11.6 Å². The van der Waals surface area contributed by atoms with Gasteiger partial charge in [0.15, 0.2) is 0 Å². The van der Waals surface area contributed by atoms with Crippen molar-refractivity contribution in [1.82, 2.24) is 4.57 Å². The van der Waals surface area contributed by atoms with Gasteiger partial charge in [0, 0.05) is 17.3 Å². The molecule has 0 amide bonds. The highest BCUT2D eigenvalue weighted by atomic mass is 35.5. The summed E-state index contributed by atoms with van der Waals surface area (Å²) in [7, 11) is 0. The van der Waals surface area contributed by atoms with Crippen molar-refractivity contribution in [2.24, 2.45) is 0 Å². The maximum absolute atomic E-state index is 12.1. The fraction of sp³-hybridized carbons (Fsp3) is 0.353. The Balaban J connectivity index is 2.10. The van der Waals surface area contributed by atoms with Crippen molar-refractivity contribution >= 4 is 11.6 Å². The molecule has 1 heterocycles. The van der Waals surface area contributed by atoms with Crippen LogP contribution in [0, 0.1) is 0 Å². The summed E-state index contributed by atoms with van der Waals surface area (Å²) in [6, 6.07) is 11.4. The summed E-state index contributed by atoms with van der Waals surface area (Å²) in [5.74, 6) is 0. The van der Waals surface area contributed by atoms with E-state index < -0.39 is 0 Å². The average molecular weight is 290 g/mol. The van der Waals surface area contributed by atoms with Gasteiger partial charge in [-0.25, -0.2) is 0 Å². The van der Waals surface area contributed by atoms with Crippen LogP contribution in [0.15, 0.2) is 47.4 Å². The fourth-order valence-electron chi connectivity index (χ4n) is 2.22. The molecule has 0 saturated carbocycles. The Morgan fingerprint density at radius 3 is 2.65 bits per heavy atom. The van der Waals surface area contributed by atoms with Crippen LogP contribution in [0.5, 0.6) is 0 Å². The predicted octanol–water partition coefficient (Wildman–Crippen LogP) is 4.28. The van der Waals surface area contributed by atoms with Crippen LogP contribution in [0.4, 0.5) is 0 Å². The van der Waals surface area contributed by atoms with Crippen LogP contribution in [0.25, 0.3) is 0 Å². The molecular weight excluding hydrogens is 270 g/mol. The molecular formula is C17H20ClNO. The summed E-state index contributed by atoms with van der Waals surface area (Å²) in [6.45, 7) is 2.70. The lowest BCUT2D eigenvalue weighted by molar-refractivity contribution is 0.707. The highest BCUT2D eigenvalue weighted by molar-refractivity contribution is 6.31. The number of halogens is 1. The molecule has 0 radical (unpaired) electrons. The molecule has 0 bridgehead atoms. The molecule has 2 rings (SSSR count). The van der Waals surface area contributed by atoms with Gasteiger partial charge in [-0.1, -0.05) is 49.6 Å². The Morgan fingerprint density at radius 1 is 1.15 bits per heavy atom. The summed E-state index contributed by atoms with van der Waals surface area (Å²) in [4.78, 5) is 12.1. The maximum Gasteiger partial charge on any atom is 0.251 e. The molecule has 106 valence electrons. The number of aryl methyl sites for hydroxylation is 1. The molecule has 1 aromatic carbocycles. The topological polar surface area (TPSA) is 22.0 Å². The zero-order chi connectivity index (χ0) is 14.4. The van der Waals surface area contributed by atoms with Crippen molar-refractivity contribution in [3.05, 3.63) is 69.1 Å². The van der Waals surface area contributed by atoms with Gasteiger partial charge in [0.25, 0.3) is 5.56 Å². The number of nitrogens with zero attached hydrogens (tertiary/aromatic N) is 1. The Bertz CT molecular complexity index is 618. The predicted molar refractivity (Wildman–Crippen MR) is 84.5 cm³/mol. The summed E-state index contributed by atoms with van der Waals surface area (Å²) >= 11 is 6.13. The third kappa shape index (κ3) is 3.97. The van der Waals surface area contributed by atoms with Crippen LogP contribution >= 0.6 is 11.6 Å². The van der Waals surface area contributed by atoms with Gasteiger partial charge in [0.05, 0.1) is 6.54 Å². The average Bonchev–Trinajstić information content (AvgIpc) is 2.44. The van der Waals surface area contributed by atoms with Crippen LogP contribution < -0.4 is 5.56 Å². The summed E-state index contributed by atoms with van der Waals surface area (Å²) in [6.07, 6.45) is 6.40. The van der Waals surface area contributed by atoms with E-state index in [1.807, 2.05) is 36.5 Å². The molecule has 1 aromatic heterocycles. The van der Waals surface area contributed by atoms with Gasteiger partial charge in [-0.05, 0) is 36.1 Å². The lowest BCUT2D eigenvalue weighted by Crippen LogP contribution is -2.19. The first kappa shape index (κ1) is 14.9. The summed E-state index contributed by atoms with van der Waals surface area (Å²) in [5.41, 5.74) is 2.13. The summed E-state index contributed by atoms with van der Waals surface area (Å²) < 4.78 is 1.70. The molecule has 0 aliphatic carbocycles. The standard InChI is InChI=1S/C17H20ClNO/c1-2-3-4-7-14-10-11-19(17(20)12-14)13-15-8-5-6-9-16(15)18/h5-6,8-12H,2-4,7,13H2,1H3. The molecule has 0 aliphatic rings. The number of rotatable bonds is 6. The van der Waals surface area contributed by atoms with E-state index in [2.05, 4.69) is 6.92 Å². The third-order valence-electron chi connectivity index (χ3n) is 3.43. The molecule has 3 heteroatoms. The molecule has 0 saturated heterocycles. The second-order valence-corrected chi connectivity index (χ2v) is 5.46. The van der Waals surface area contributed by atoms with E-state index in [9.17, 15) is 4.79 Å². The maximum atomic E-state index is 12.1. The largest absolute Gasteiger partial charge is 0.311 e. The molecule has 0 atom stereocenters. The lowest BCUT2D eigenvalue weighted by atomic mass is 10.1. The van der Waals surface area contributed by atoms with E-state index >= 15 is 0 Å². The minimum Gasteiger partial charge on any atom is -0.311 e. The Morgan fingerprint density at radius 2 is 1.95 bits per heavy atom. The zero-order valence-corrected chi connectivity index (χ0v) is 12.6. The van der Waals surface area contributed by atoms with Crippen molar-refractivity contribution in [3.8, 4) is 0 Å². The van der Waals surface area contributed by atoms with Crippen molar-refractivity contribution in [3.63, 3.8) is 0 Å². The van der Waals surface area contributed by atoms with Crippen LogP contribution in [0.3, 0.4) is 0 Å². The van der Waals surface area contributed by atoms with Crippen LogP contribution in [-0.2, 0) is 13.0 Å². The van der Waals surface area contributed by atoms with Gasteiger partial charge in [-0.3, -0.25) is 4.79 Å². The van der Waals surface area contributed by atoms with Crippen LogP contribution in [0.2, 0.25) is 5.02 Å². The van der Waals surface area contributed by atoms with Crippen LogP contribution in [0.1, 0.15) is 37.3 Å². The Labute approximate surface area is 125 Å². The molecule has 0 N–H and O–H groups in total. The van der Waals surface area contributed by atoms with Gasteiger partial charge >= 0.3 is 0 Å². The van der Waals surface area contributed by atoms with E-state index in [0.29, 0.717) is 11.6 Å². The van der Waals surface area contributed by atoms with Gasteiger partial charge < -0.3 is 4.57 Å². The molecule has 2 nitrogen and oxygen atoms in total. The normalized spacial score (nSPS) is 10.7. The Kier molecular flexibility index (Phi) is 5.42. The smallest absolute Gasteiger partial charge is 0.251 e. The minimum absolute atomic E-state index is 0.0407. The first-order valence-corrected chi connectivity index (χ1v) is 7.51. The highest BCUT2D eigenvalue weighted by Gasteiger charge is 2.03. The number of aromatic nitrogens is 1. The monoisotopic (exact) mass is 289 g/mol. The van der Waals surface area contributed by atoms with Gasteiger partial charge in [0.2, 0.25) is 0 Å². The first-order valence-electron chi connectivity index (χ1n) is 7.13. The molecule has 20 heavy (non-hydrogen) atoms. The number of unbranched alkanes of at least 4 members (excludes halogenated alkanes) is 2. The summed E-state index contributed by atoms with van der Waals surface area (Å²) in [5, 5.41) is 0.700. The van der Waals surface area contributed by atoms with Crippen molar-refractivity contribution in [1.29, 1.82) is 0 Å². The SMILES string of the molecule is CCCCCc1ccn(Cc2ccccc2Cl)c(=O)c1. The van der Waals surface area contributed by atoms with Gasteiger partial charge in [-0.15, -0.1) is 0 Å². The van der Waals surface area contributed by atoms with E-state index in [-0.39, 0.29) is 5.56 Å². The number of benzene rings is 1. The quantitative estimate of drug-likeness (QED) is 0.728. The second kappa shape index (κ2) is 7.30. The second-order valence-electron chi connectivity index (χ2n) is 5.05. The van der Waals surface area contributed by atoms with Crippen molar-refractivity contribution in [2.45, 2.75) is 39.2 Å². The zero-order valence-electron chi connectivity index (χ0n) is 11.8. The van der Waals surface area contributed by atoms with Gasteiger partial charge in [-0.2, -0.15) is 0 Å². The fourth-order valence-corrected chi connectivity index (χ4v) is 2.42. The van der Waals surface area contributed by atoms with E-state index in [1.165, 1.54) is 12.8 Å². The number of hydrogen-bond donors (Lipinski definition) is 0. The Hall–Kier alpha value is -1.54.